The van der Waals surface area contributed by atoms with Crippen LogP contribution in [-0.4, -0.2) is 48.2 Å². The summed E-state index contributed by atoms with van der Waals surface area (Å²) in [5.41, 5.74) is -0.936. The van der Waals surface area contributed by atoms with Crippen molar-refractivity contribution in [2.45, 2.75) is 50.9 Å². The molecule has 5 nitrogen and oxygen atoms in total. The van der Waals surface area contributed by atoms with Gasteiger partial charge in [-0.25, -0.2) is 4.79 Å². The Labute approximate surface area is 125 Å². The van der Waals surface area contributed by atoms with Crippen LogP contribution in [0.4, 0.5) is 0 Å². The summed E-state index contributed by atoms with van der Waals surface area (Å²) in [6.45, 7) is 5.68. The van der Waals surface area contributed by atoms with Crippen molar-refractivity contribution in [3.05, 3.63) is 23.8 Å². The minimum Gasteiger partial charge on any atom is -0.459 e. The quantitative estimate of drug-likeness (QED) is 0.801. The van der Waals surface area contributed by atoms with Gasteiger partial charge in [-0.15, -0.1) is 0 Å². The van der Waals surface area contributed by atoms with Crippen LogP contribution in [-0.2, 0) is 19.0 Å². The number of hydrogen-bond donors (Lipinski definition) is 1. The average Bonchev–Trinajstić information content (AvgIpc) is 2.46. The molecule has 2 aliphatic rings. The highest BCUT2D eigenvalue weighted by atomic mass is 16.6. The molecule has 0 bridgehead atoms. The zero-order chi connectivity index (χ0) is 15.5. The van der Waals surface area contributed by atoms with Crippen LogP contribution in [0.15, 0.2) is 23.8 Å². The molecule has 0 saturated carbocycles. The lowest BCUT2D eigenvalue weighted by atomic mass is 9.95. The first-order chi connectivity index (χ1) is 9.86. The number of esters is 1. The maximum absolute atomic E-state index is 12.4. The summed E-state index contributed by atoms with van der Waals surface area (Å²) in [6.07, 6.45) is 7.02. The number of aliphatic hydroxyl groups is 1. The van der Waals surface area contributed by atoms with Gasteiger partial charge in [0.05, 0.1) is 24.9 Å². The topological polar surface area (TPSA) is 65.0 Å². The van der Waals surface area contributed by atoms with Crippen LogP contribution in [0.1, 0.15) is 33.6 Å². The summed E-state index contributed by atoms with van der Waals surface area (Å²) < 4.78 is 16.6. The molecule has 0 aromatic carbocycles. The van der Waals surface area contributed by atoms with Gasteiger partial charge >= 0.3 is 5.97 Å². The lowest BCUT2D eigenvalue weighted by Crippen LogP contribution is -2.61. The molecule has 0 aromatic rings. The van der Waals surface area contributed by atoms with Crippen LogP contribution < -0.4 is 0 Å². The number of allylic oxidation sites excluding steroid dienone is 2. The molecule has 0 radical (unpaired) electrons. The van der Waals surface area contributed by atoms with E-state index < -0.39 is 23.3 Å². The zero-order valence-electron chi connectivity index (χ0n) is 12.9. The fraction of sp³-hybridized carbons (Fsp3) is 0.688. The van der Waals surface area contributed by atoms with E-state index in [9.17, 15) is 9.90 Å². The van der Waals surface area contributed by atoms with E-state index in [4.69, 9.17) is 14.2 Å². The molecule has 0 spiro atoms. The van der Waals surface area contributed by atoms with Crippen LogP contribution in [0.2, 0.25) is 0 Å². The number of hydrogen-bond acceptors (Lipinski definition) is 5. The van der Waals surface area contributed by atoms with Gasteiger partial charge in [0.15, 0.2) is 0 Å². The number of carbonyl (C=O) groups excluding carboxylic acids is 1. The van der Waals surface area contributed by atoms with Crippen LogP contribution in [0, 0.1) is 0 Å². The van der Waals surface area contributed by atoms with Crippen molar-refractivity contribution >= 4 is 5.97 Å². The Morgan fingerprint density at radius 2 is 2.14 bits per heavy atom. The van der Waals surface area contributed by atoms with Crippen LogP contribution >= 0.6 is 0 Å². The maximum atomic E-state index is 12.4. The Bertz CT molecular complexity index is 438. The number of carbonyl (C=O) groups is 1. The highest BCUT2D eigenvalue weighted by Crippen LogP contribution is 2.29. The van der Waals surface area contributed by atoms with Crippen molar-refractivity contribution in [2.75, 3.05) is 19.8 Å². The van der Waals surface area contributed by atoms with Crippen molar-refractivity contribution < 1.29 is 24.1 Å². The second kappa shape index (κ2) is 6.30. The van der Waals surface area contributed by atoms with Crippen LogP contribution in [0.5, 0.6) is 0 Å². The second-order valence-electron chi connectivity index (χ2n) is 6.24. The SMILES string of the molecule is CC(O)C1(C(=O)OCC2=CCCC=C2)COC(C)(C)CO1. The molecule has 2 atom stereocenters. The number of ether oxygens (including phenoxy) is 3. The molecular weight excluding hydrogens is 272 g/mol. The molecule has 1 heterocycles. The van der Waals surface area contributed by atoms with Crippen molar-refractivity contribution in [2.24, 2.45) is 0 Å². The molecule has 2 rings (SSSR count). The molecule has 1 aliphatic heterocycles. The minimum atomic E-state index is -1.44. The molecule has 2 unspecified atom stereocenters. The van der Waals surface area contributed by atoms with Crippen molar-refractivity contribution in [3.8, 4) is 0 Å². The molecule has 1 N–H and O–H groups in total. The predicted octanol–water partition coefficient (Wildman–Crippen LogP) is 1.75. The predicted molar refractivity (Wildman–Crippen MR) is 77.8 cm³/mol. The van der Waals surface area contributed by atoms with E-state index in [0.29, 0.717) is 0 Å². The van der Waals surface area contributed by atoms with Crippen LogP contribution in [0.3, 0.4) is 0 Å². The monoisotopic (exact) mass is 296 g/mol. The Hall–Kier alpha value is -1.17. The molecule has 1 aliphatic carbocycles. The molecule has 1 saturated heterocycles. The first kappa shape index (κ1) is 16.2. The van der Waals surface area contributed by atoms with Gasteiger partial charge in [-0.1, -0.05) is 18.2 Å². The maximum Gasteiger partial charge on any atom is 0.343 e. The van der Waals surface area contributed by atoms with Gasteiger partial charge in [0.2, 0.25) is 5.60 Å². The molecule has 118 valence electrons. The Kier molecular flexibility index (Phi) is 4.86. The van der Waals surface area contributed by atoms with E-state index in [1.807, 2.05) is 26.0 Å². The van der Waals surface area contributed by atoms with Crippen molar-refractivity contribution in [3.63, 3.8) is 0 Å². The second-order valence-corrected chi connectivity index (χ2v) is 6.24. The molecule has 0 amide bonds. The summed E-state index contributed by atoms with van der Waals surface area (Å²) in [6, 6.07) is 0. The zero-order valence-corrected chi connectivity index (χ0v) is 12.9. The fourth-order valence-corrected chi connectivity index (χ4v) is 2.26. The van der Waals surface area contributed by atoms with Crippen molar-refractivity contribution in [1.29, 1.82) is 0 Å². The smallest absolute Gasteiger partial charge is 0.343 e. The van der Waals surface area contributed by atoms with Gasteiger partial charge in [0.1, 0.15) is 6.61 Å². The van der Waals surface area contributed by atoms with E-state index in [-0.39, 0.29) is 19.8 Å². The van der Waals surface area contributed by atoms with E-state index in [1.165, 1.54) is 6.92 Å². The molecule has 0 aromatic heterocycles. The minimum absolute atomic E-state index is 0.00854. The molecule has 5 heteroatoms. The van der Waals surface area contributed by atoms with Gasteiger partial charge in [0, 0.05) is 0 Å². The summed E-state index contributed by atoms with van der Waals surface area (Å²) in [7, 11) is 0. The normalized spacial score (nSPS) is 29.6. The molecule has 21 heavy (non-hydrogen) atoms. The average molecular weight is 296 g/mol. The summed E-state index contributed by atoms with van der Waals surface area (Å²) in [4.78, 5) is 12.4. The van der Waals surface area contributed by atoms with Crippen molar-refractivity contribution in [1.82, 2.24) is 0 Å². The lowest BCUT2D eigenvalue weighted by molar-refractivity contribution is -0.254. The Morgan fingerprint density at radius 3 is 2.67 bits per heavy atom. The third-order valence-corrected chi connectivity index (χ3v) is 3.82. The molecule has 1 fully saturated rings. The van der Waals surface area contributed by atoms with E-state index in [0.717, 1.165) is 18.4 Å². The van der Waals surface area contributed by atoms with Gasteiger partial charge in [-0.05, 0) is 39.2 Å². The fourth-order valence-electron chi connectivity index (χ4n) is 2.26. The summed E-state index contributed by atoms with van der Waals surface area (Å²) >= 11 is 0. The first-order valence-corrected chi connectivity index (χ1v) is 7.34. The van der Waals surface area contributed by atoms with Gasteiger partial charge in [-0.3, -0.25) is 0 Å². The van der Waals surface area contributed by atoms with Gasteiger partial charge in [-0.2, -0.15) is 0 Å². The first-order valence-electron chi connectivity index (χ1n) is 7.34. The van der Waals surface area contributed by atoms with E-state index in [2.05, 4.69) is 6.08 Å². The van der Waals surface area contributed by atoms with E-state index >= 15 is 0 Å². The Balaban J connectivity index is 2.00. The number of rotatable bonds is 4. The Morgan fingerprint density at radius 1 is 1.38 bits per heavy atom. The third kappa shape index (κ3) is 3.73. The van der Waals surface area contributed by atoms with Gasteiger partial charge < -0.3 is 19.3 Å². The third-order valence-electron chi connectivity index (χ3n) is 3.82. The standard InChI is InChI=1S/C16H24O5/c1-12(17)16(11-20-15(2,3)10-21-16)14(18)19-9-13-7-5-4-6-8-13/h5,7-8,12,17H,4,6,9-11H2,1-3H3. The highest BCUT2D eigenvalue weighted by Gasteiger charge is 2.51. The number of aliphatic hydroxyl groups excluding tert-OH is 1. The largest absolute Gasteiger partial charge is 0.459 e. The summed E-state index contributed by atoms with van der Waals surface area (Å²) in [5, 5.41) is 9.97. The van der Waals surface area contributed by atoms with Crippen LogP contribution in [0.25, 0.3) is 0 Å². The highest BCUT2D eigenvalue weighted by molar-refractivity contribution is 5.81. The summed E-state index contributed by atoms with van der Waals surface area (Å²) in [5.74, 6) is -0.576. The lowest BCUT2D eigenvalue weighted by Gasteiger charge is -2.43. The van der Waals surface area contributed by atoms with Gasteiger partial charge in [0.25, 0.3) is 0 Å². The molecular formula is C16H24O5. The van der Waals surface area contributed by atoms with E-state index in [1.54, 1.807) is 0 Å².